The van der Waals surface area contributed by atoms with Crippen molar-refractivity contribution in [1.82, 2.24) is 0 Å². The Bertz CT molecular complexity index is 400. The molecule has 0 unspecified atom stereocenters. The van der Waals surface area contributed by atoms with Gasteiger partial charge in [0.2, 0.25) is 0 Å². The molecular weight excluding hydrogens is 189 g/mol. The Balaban J connectivity index is 3.39. The molecule has 0 N–H and O–H groups in total. The van der Waals surface area contributed by atoms with E-state index in [4.69, 9.17) is 5.26 Å². The summed E-state index contributed by atoms with van der Waals surface area (Å²) in [6, 6.07) is 2.83. The highest BCUT2D eigenvalue weighted by Gasteiger charge is 2.18. The lowest BCUT2D eigenvalue weighted by Gasteiger charge is -1.86. The lowest BCUT2D eigenvalue weighted by Crippen LogP contribution is -1.89. The van der Waals surface area contributed by atoms with Crippen LogP contribution in [0.5, 0.6) is 0 Å². The lowest BCUT2D eigenvalue weighted by molar-refractivity contribution is 0.554. The van der Waals surface area contributed by atoms with Crippen LogP contribution in [0.3, 0.4) is 0 Å². The Morgan fingerprint density at radius 2 is 2.27 bits per heavy atom. The van der Waals surface area contributed by atoms with Gasteiger partial charge in [0, 0.05) is 0 Å². The maximum atomic E-state index is 12.2. The molecule has 0 bridgehead atoms. The molecule has 1 heterocycles. The van der Waals surface area contributed by atoms with Gasteiger partial charge in [0.25, 0.3) is 0 Å². The molecule has 0 spiro atoms. The predicted molar refractivity (Wildman–Crippen MR) is 37.3 cm³/mol. The number of hydrogen-bond donors (Lipinski definition) is 0. The van der Waals surface area contributed by atoms with E-state index in [-0.39, 0.29) is 5.56 Å². The van der Waals surface area contributed by atoms with Gasteiger partial charge in [0.05, 0.1) is 5.56 Å². The summed E-state index contributed by atoms with van der Waals surface area (Å²) in [5.74, 6) is 0. The molecule has 6 heteroatoms. The highest BCUT2D eigenvalue weighted by atomic mass is 32.3. The van der Waals surface area contributed by atoms with Crippen molar-refractivity contribution < 1.29 is 12.3 Å². The third-order valence-electron chi connectivity index (χ3n) is 0.972. The number of halogens is 1. The summed E-state index contributed by atoms with van der Waals surface area (Å²) in [7, 11) is -4.71. The fraction of sp³-hybridized carbons (Fsp3) is 0. The summed E-state index contributed by atoms with van der Waals surface area (Å²) in [6.45, 7) is 0. The van der Waals surface area contributed by atoms with Gasteiger partial charge < -0.3 is 0 Å². The zero-order valence-corrected chi connectivity index (χ0v) is 6.75. The highest BCUT2D eigenvalue weighted by molar-refractivity contribution is 7.88. The molecule has 0 aromatic carbocycles. The van der Waals surface area contributed by atoms with Gasteiger partial charge in [-0.3, -0.25) is 0 Å². The third-order valence-corrected chi connectivity index (χ3v) is 3.23. The van der Waals surface area contributed by atoms with Crippen molar-refractivity contribution in [1.29, 1.82) is 5.26 Å². The van der Waals surface area contributed by atoms with Crippen LogP contribution in [0.1, 0.15) is 5.56 Å². The molecule has 0 amide bonds. The zero-order chi connectivity index (χ0) is 8.48. The first-order chi connectivity index (χ1) is 5.05. The van der Waals surface area contributed by atoms with E-state index in [0.29, 0.717) is 11.3 Å². The number of rotatable bonds is 1. The van der Waals surface area contributed by atoms with Crippen molar-refractivity contribution in [2.45, 2.75) is 4.21 Å². The van der Waals surface area contributed by atoms with Crippen molar-refractivity contribution in [3.63, 3.8) is 0 Å². The van der Waals surface area contributed by atoms with E-state index in [1.165, 1.54) is 11.4 Å². The Morgan fingerprint density at radius 1 is 1.64 bits per heavy atom. The molecular formula is C5H2FNO2S2. The molecule has 3 nitrogen and oxygen atoms in total. The summed E-state index contributed by atoms with van der Waals surface area (Å²) in [6.07, 6.45) is 0. The molecule has 1 aromatic rings. The highest BCUT2D eigenvalue weighted by Crippen LogP contribution is 2.23. The zero-order valence-electron chi connectivity index (χ0n) is 5.11. The van der Waals surface area contributed by atoms with E-state index in [1.54, 1.807) is 6.07 Å². The van der Waals surface area contributed by atoms with Gasteiger partial charge in [0.1, 0.15) is 6.07 Å². The van der Waals surface area contributed by atoms with Crippen LogP contribution < -0.4 is 0 Å². The van der Waals surface area contributed by atoms with Crippen LogP contribution in [0.4, 0.5) is 3.89 Å². The largest absolute Gasteiger partial charge is 0.343 e. The molecule has 1 rings (SSSR count). The van der Waals surface area contributed by atoms with Gasteiger partial charge >= 0.3 is 10.2 Å². The van der Waals surface area contributed by atoms with Gasteiger partial charge in [-0.15, -0.1) is 11.3 Å². The van der Waals surface area contributed by atoms with E-state index in [0.717, 1.165) is 0 Å². The average Bonchev–Trinajstić information content (AvgIpc) is 2.31. The van der Waals surface area contributed by atoms with Gasteiger partial charge in [0.15, 0.2) is 4.21 Å². The molecule has 0 saturated carbocycles. The Hall–Kier alpha value is -0.930. The quantitative estimate of drug-likeness (QED) is 0.628. The lowest BCUT2D eigenvalue weighted by atomic mass is 10.4. The summed E-state index contributed by atoms with van der Waals surface area (Å²) in [4.78, 5) is 0. The standard InChI is InChI=1S/C5H2FNO2S2/c6-11(8,9)5-4(3-7)1-2-10-5/h1-2H. The summed E-state index contributed by atoms with van der Waals surface area (Å²) < 4.78 is 32.3. The minimum Gasteiger partial charge on any atom is -0.192 e. The molecule has 11 heavy (non-hydrogen) atoms. The molecule has 58 valence electrons. The van der Waals surface area contributed by atoms with E-state index >= 15 is 0 Å². The van der Waals surface area contributed by atoms with E-state index in [1.807, 2.05) is 0 Å². The van der Waals surface area contributed by atoms with E-state index in [2.05, 4.69) is 0 Å². The van der Waals surface area contributed by atoms with Crippen LogP contribution in [0, 0.1) is 11.3 Å². The van der Waals surface area contributed by atoms with Gasteiger partial charge in [-0.2, -0.15) is 13.7 Å². The van der Waals surface area contributed by atoms with E-state index in [9.17, 15) is 12.3 Å². The van der Waals surface area contributed by atoms with Crippen LogP contribution >= 0.6 is 11.3 Å². The minimum absolute atomic E-state index is 0.141. The van der Waals surface area contributed by atoms with Crippen LogP contribution in [0.15, 0.2) is 15.7 Å². The molecule has 0 atom stereocenters. The first-order valence-corrected chi connectivity index (χ1v) is 4.74. The van der Waals surface area contributed by atoms with Gasteiger partial charge in [-0.05, 0) is 11.4 Å². The number of nitrogens with zero attached hydrogens (tertiary/aromatic N) is 1. The second-order valence-corrected chi connectivity index (χ2v) is 4.13. The maximum absolute atomic E-state index is 12.2. The van der Waals surface area contributed by atoms with Gasteiger partial charge in [-0.25, -0.2) is 0 Å². The monoisotopic (exact) mass is 191 g/mol. The van der Waals surface area contributed by atoms with Crippen molar-refractivity contribution in [3.05, 3.63) is 17.0 Å². The van der Waals surface area contributed by atoms with Gasteiger partial charge in [-0.1, -0.05) is 3.89 Å². The fourth-order valence-electron chi connectivity index (χ4n) is 0.567. The molecule has 0 aliphatic heterocycles. The fourth-order valence-corrected chi connectivity index (χ4v) is 2.14. The van der Waals surface area contributed by atoms with E-state index < -0.39 is 14.4 Å². The molecule has 0 fully saturated rings. The molecule has 0 radical (unpaired) electrons. The van der Waals surface area contributed by atoms with Crippen LogP contribution in [-0.2, 0) is 10.2 Å². The topological polar surface area (TPSA) is 57.9 Å². The second kappa shape index (κ2) is 2.60. The molecule has 1 aromatic heterocycles. The first-order valence-electron chi connectivity index (χ1n) is 2.48. The third kappa shape index (κ3) is 1.56. The Morgan fingerprint density at radius 3 is 2.64 bits per heavy atom. The number of nitriles is 1. The molecule has 0 aliphatic carbocycles. The molecule has 0 saturated heterocycles. The normalized spacial score (nSPS) is 10.9. The SMILES string of the molecule is N#Cc1ccsc1S(=O)(=O)F. The van der Waals surface area contributed by atoms with Crippen molar-refractivity contribution in [3.8, 4) is 6.07 Å². The summed E-state index contributed by atoms with van der Waals surface area (Å²) in [5.41, 5.74) is -0.141. The molecule has 0 aliphatic rings. The second-order valence-electron chi connectivity index (χ2n) is 1.67. The summed E-state index contributed by atoms with van der Waals surface area (Å²) >= 11 is 0.696. The summed E-state index contributed by atoms with van der Waals surface area (Å²) in [5, 5.41) is 9.65. The van der Waals surface area contributed by atoms with Crippen LogP contribution in [0.2, 0.25) is 0 Å². The van der Waals surface area contributed by atoms with Crippen LogP contribution in [0.25, 0.3) is 0 Å². The Kier molecular flexibility index (Phi) is 1.93. The maximum Gasteiger partial charge on any atom is 0.343 e. The smallest absolute Gasteiger partial charge is 0.192 e. The van der Waals surface area contributed by atoms with Crippen molar-refractivity contribution in [2.24, 2.45) is 0 Å². The first kappa shape index (κ1) is 8.17. The minimum atomic E-state index is -4.71. The number of thiophene rings is 1. The number of hydrogen-bond acceptors (Lipinski definition) is 4. The van der Waals surface area contributed by atoms with Crippen LogP contribution in [-0.4, -0.2) is 8.42 Å². The average molecular weight is 191 g/mol. The Labute approximate surface area is 66.9 Å². The predicted octanol–water partition coefficient (Wildman–Crippen LogP) is 1.28. The van der Waals surface area contributed by atoms with Crippen molar-refractivity contribution in [2.75, 3.05) is 0 Å². The van der Waals surface area contributed by atoms with Crippen molar-refractivity contribution >= 4 is 21.6 Å².